The first-order valence-electron chi connectivity index (χ1n) is 4.94. The molecule has 1 amide bonds. The molecule has 0 aliphatic rings. The van der Waals surface area contributed by atoms with Gasteiger partial charge in [-0.05, 0) is 18.2 Å². The van der Waals surface area contributed by atoms with Gasteiger partial charge in [0, 0.05) is 5.56 Å². The van der Waals surface area contributed by atoms with Crippen LogP contribution in [0, 0.1) is 5.95 Å². The van der Waals surface area contributed by atoms with Crippen LogP contribution in [0.1, 0.15) is 10.4 Å². The largest absolute Gasteiger partial charge is 0.397 e. The van der Waals surface area contributed by atoms with E-state index in [4.69, 9.17) is 5.73 Å². The van der Waals surface area contributed by atoms with Gasteiger partial charge in [0.15, 0.2) is 0 Å². The number of hydrogen-bond donors (Lipinski definition) is 2. The number of pyridine rings is 1. The van der Waals surface area contributed by atoms with Crippen LogP contribution in [0.3, 0.4) is 0 Å². The zero-order valence-electron chi connectivity index (χ0n) is 8.85. The fraction of sp³-hybridized carbons (Fsp3) is 0. The number of hydrogen-bond acceptors (Lipinski definition) is 3. The Hall–Kier alpha value is -2.43. The molecule has 1 aromatic heterocycles. The van der Waals surface area contributed by atoms with Crippen molar-refractivity contribution in [3.05, 3.63) is 54.1 Å². The Morgan fingerprint density at radius 3 is 2.71 bits per heavy atom. The standard InChI is InChI=1S/C12H10FN3O/c13-11-10(6-9(14)7-15-11)16-12(17)8-4-2-1-3-5-8/h1-7H,14H2,(H,16,17). The van der Waals surface area contributed by atoms with Crippen molar-refractivity contribution < 1.29 is 9.18 Å². The highest BCUT2D eigenvalue weighted by Crippen LogP contribution is 2.15. The van der Waals surface area contributed by atoms with Gasteiger partial charge in [-0.1, -0.05) is 18.2 Å². The number of benzene rings is 1. The van der Waals surface area contributed by atoms with Gasteiger partial charge in [-0.2, -0.15) is 4.39 Å². The number of carbonyl (C=O) groups excluding carboxylic acids is 1. The summed E-state index contributed by atoms with van der Waals surface area (Å²) in [5.41, 5.74) is 6.16. The predicted molar refractivity (Wildman–Crippen MR) is 63.0 cm³/mol. The van der Waals surface area contributed by atoms with E-state index < -0.39 is 11.9 Å². The number of nitrogens with two attached hydrogens (primary N) is 1. The lowest BCUT2D eigenvalue weighted by Gasteiger charge is -2.06. The number of nitrogens with zero attached hydrogens (tertiary/aromatic N) is 1. The molecule has 86 valence electrons. The number of aromatic nitrogens is 1. The maximum absolute atomic E-state index is 13.3. The molecule has 2 rings (SSSR count). The molecule has 0 saturated heterocycles. The van der Waals surface area contributed by atoms with E-state index in [1.54, 1.807) is 30.3 Å². The number of rotatable bonds is 2. The molecular weight excluding hydrogens is 221 g/mol. The summed E-state index contributed by atoms with van der Waals surface area (Å²) < 4.78 is 13.3. The lowest BCUT2D eigenvalue weighted by molar-refractivity contribution is 0.102. The third kappa shape index (κ3) is 2.57. The fourth-order valence-electron chi connectivity index (χ4n) is 1.34. The van der Waals surface area contributed by atoms with Gasteiger partial charge in [0.05, 0.1) is 17.6 Å². The lowest BCUT2D eigenvalue weighted by Crippen LogP contribution is -2.13. The average Bonchev–Trinajstić information content (AvgIpc) is 2.35. The van der Waals surface area contributed by atoms with Crippen LogP contribution in [0.2, 0.25) is 0 Å². The third-order valence-electron chi connectivity index (χ3n) is 2.14. The molecule has 2 aromatic rings. The summed E-state index contributed by atoms with van der Waals surface area (Å²) in [5.74, 6) is -1.17. The molecule has 0 aliphatic heterocycles. The summed E-state index contributed by atoms with van der Waals surface area (Å²) in [6.45, 7) is 0. The van der Waals surface area contributed by atoms with Crippen molar-refractivity contribution >= 4 is 17.3 Å². The van der Waals surface area contributed by atoms with Crippen molar-refractivity contribution in [2.24, 2.45) is 0 Å². The van der Waals surface area contributed by atoms with Crippen LogP contribution in [0.15, 0.2) is 42.6 Å². The summed E-state index contributed by atoms with van der Waals surface area (Å²) in [6.07, 6.45) is 1.19. The minimum Gasteiger partial charge on any atom is -0.397 e. The van der Waals surface area contributed by atoms with Crippen LogP contribution in [0.4, 0.5) is 15.8 Å². The van der Waals surface area contributed by atoms with Crippen LogP contribution < -0.4 is 11.1 Å². The SMILES string of the molecule is Nc1cnc(F)c(NC(=O)c2ccccc2)c1. The van der Waals surface area contributed by atoms with Crippen LogP contribution >= 0.6 is 0 Å². The van der Waals surface area contributed by atoms with E-state index in [-0.39, 0.29) is 11.4 Å². The van der Waals surface area contributed by atoms with Gasteiger partial charge in [0.2, 0.25) is 5.95 Å². The summed E-state index contributed by atoms with van der Waals surface area (Å²) in [7, 11) is 0. The Bertz CT molecular complexity index is 543. The van der Waals surface area contributed by atoms with Gasteiger partial charge in [0.25, 0.3) is 5.91 Å². The maximum atomic E-state index is 13.3. The van der Waals surface area contributed by atoms with Crippen LogP contribution in [-0.2, 0) is 0 Å². The van der Waals surface area contributed by atoms with E-state index >= 15 is 0 Å². The van der Waals surface area contributed by atoms with Gasteiger partial charge in [0.1, 0.15) is 0 Å². The molecule has 0 aliphatic carbocycles. The van der Waals surface area contributed by atoms with E-state index in [1.165, 1.54) is 12.3 Å². The molecule has 0 atom stereocenters. The Labute approximate surface area is 97.3 Å². The highest BCUT2D eigenvalue weighted by molar-refractivity contribution is 6.04. The van der Waals surface area contributed by atoms with Crippen molar-refractivity contribution in [3.8, 4) is 0 Å². The topological polar surface area (TPSA) is 68.0 Å². The first-order chi connectivity index (χ1) is 8.16. The van der Waals surface area contributed by atoms with E-state index in [0.717, 1.165) is 0 Å². The van der Waals surface area contributed by atoms with Crippen molar-refractivity contribution in [1.82, 2.24) is 4.98 Å². The Balaban J connectivity index is 2.22. The molecule has 4 nitrogen and oxygen atoms in total. The Kier molecular flexibility index (Phi) is 3.00. The molecular formula is C12H10FN3O. The summed E-state index contributed by atoms with van der Waals surface area (Å²) in [5, 5.41) is 2.41. The number of anilines is 2. The van der Waals surface area contributed by atoms with Crippen molar-refractivity contribution in [1.29, 1.82) is 0 Å². The number of halogens is 1. The molecule has 3 N–H and O–H groups in total. The second-order valence-corrected chi connectivity index (χ2v) is 3.43. The number of nitrogen functional groups attached to an aromatic ring is 1. The molecule has 1 aromatic carbocycles. The van der Waals surface area contributed by atoms with E-state index in [0.29, 0.717) is 5.56 Å². The van der Waals surface area contributed by atoms with Gasteiger partial charge in [-0.3, -0.25) is 4.79 Å². The van der Waals surface area contributed by atoms with Gasteiger partial charge < -0.3 is 11.1 Å². The van der Waals surface area contributed by atoms with Gasteiger partial charge in [-0.25, -0.2) is 4.98 Å². The number of carbonyl (C=O) groups is 1. The van der Waals surface area contributed by atoms with E-state index in [2.05, 4.69) is 10.3 Å². The smallest absolute Gasteiger partial charge is 0.255 e. The van der Waals surface area contributed by atoms with Crippen molar-refractivity contribution in [3.63, 3.8) is 0 Å². The van der Waals surface area contributed by atoms with Gasteiger partial charge in [-0.15, -0.1) is 0 Å². The molecule has 0 unspecified atom stereocenters. The summed E-state index contributed by atoms with van der Waals surface area (Å²) in [4.78, 5) is 15.2. The molecule has 0 bridgehead atoms. The molecule has 17 heavy (non-hydrogen) atoms. The summed E-state index contributed by atoms with van der Waals surface area (Å²) >= 11 is 0. The quantitative estimate of drug-likeness (QED) is 0.777. The second-order valence-electron chi connectivity index (χ2n) is 3.43. The zero-order chi connectivity index (χ0) is 12.3. The molecule has 0 radical (unpaired) electrons. The fourth-order valence-corrected chi connectivity index (χ4v) is 1.34. The zero-order valence-corrected chi connectivity index (χ0v) is 8.85. The highest BCUT2D eigenvalue weighted by Gasteiger charge is 2.09. The van der Waals surface area contributed by atoms with Crippen molar-refractivity contribution in [2.45, 2.75) is 0 Å². The van der Waals surface area contributed by atoms with Crippen LogP contribution in [0.5, 0.6) is 0 Å². The minimum atomic E-state index is -0.761. The van der Waals surface area contributed by atoms with Crippen LogP contribution in [0.25, 0.3) is 0 Å². The van der Waals surface area contributed by atoms with E-state index in [1.807, 2.05) is 0 Å². The molecule has 0 spiro atoms. The van der Waals surface area contributed by atoms with Crippen LogP contribution in [-0.4, -0.2) is 10.9 Å². The molecule has 5 heteroatoms. The van der Waals surface area contributed by atoms with Crippen molar-refractivity contribution in [2.75, 3.05) is 11.1 Å². The summed E-state index contributed by atoms with van der Waals surface area (Å²) in [6, 6.07) is 9.83. The molecule has 1 heterocycles. The Morgan fingerprint density at radius 2 is 2.00 bits per heavy atom. The first kappa shape index (κ1) is 11.1. The minimum absolute atomic E-state index is 0.0288. The third-order valence-corrected chi connectivity index (χ3v) is 2.14. The average molecular weight is 231 g/mol. The molecule has 0 fully saturated rings. The Morgan fingerprint density at radius 1 is 1.29 bits per heavy atom. The highest BCUT2D eigenvalue weighted by atomic mass is 19.1. The maximum Gasteiger partial charge on any atom is 0.255 e. The van der Waals surface area contributed by atoms with Gasteiger partial charge >= 0.3 is 0 Å². The normalized spacial score (nSPS) is 9.94. The molecule has 0 saturated carbocycles. The monoisotopic (exact) mass is 231 g/mol. The lowest BCUT2D eigenvalue weighted by atomic mass is 10.2. The number of nitrogens with one attached hydrogen (secondary N) is 1. The number of amides is 1. The first-order valence-corrected chi connectivity index (χ1v) is 4.94. The second kappa shape index (κ2) is 4.61. The van der Waals surface area contributed by atoms with E-state index in [9.17, 15) is 9.18 Å². The predicted octanol–water partition coefficient (Wildman–Crippen LogP) is 2.06.